The highest BCUT2D eigenvalue weighted by Gasteiger charge is 2.25. The maximum Gasteiger partial charge on any atom is 0.170 e. The van der Waals surface area contributed by atoms with Crippen molar-refractivity contribution >= 4 is 56.0 Å². The molecule has 2 aromatic carbocycles. The Bertz CT molecular complexity index is 2670. The number of methoxy groups -OCH3 is 2. The van der Waals surface area contributed by atoms with Gasteiger partial charge in [-0.3, -0.25) is 0 Å². The summed E-state index contributed by atoms with van der Waals surface area (Å²) in [5, 5.41) is 3.05. The molecule has 0 saturated heterocycles. The zero-order chi connectivity index (χ0) is 48.7. The van der Waals surface area contributed by atoms with Gasteiger partial charge in [-0.2, -0.15) is 0 Å². The number of halogens is 2. The van der Waals surface area contributed by atoms with Crippen molar-refractivity contribution in [2.45, 2.75) is 91.1 Å². The molecule has 70 heavy (non-hydrogen) atoms. The van der Waals surface area contributed by atoms with Crippen LogP contribution >= 0.6 is 23.2 Å². The number of benzene rings is 2. The molecule has 8 aromatic rings. The van der Waals surface area contributed by atoms with E-state index in [0.717, 1.165) is 81.2 Å². The fraction of sp³-hybridized carbons (Fsp3) is 0.464. The number of ether oxygens (including phenoxy) is 6. The van der Waals surface area contributed by atoms with Gasteiger partial charge < -0.3 is 55.2 Å². The van der Waals surface area contributed by atoms with Crippen LogP contribution in [0.25, 0.3) is 78.5 Å². The van der Waals surface area contributed by atoms with E-state index in [1.54, 1.807) is 14.2 Å². The largest absolute Gasteiger partial charge is 0.458 e. The van der Waals surface area contributed by atoms with Gasteiger partial charge in [0.15, 0.2) is 23.0 Å². The van der Waals surface area contributed by atoms with Gasteiger partial charge in [-0.25, -0.2) is 0 Å². The Kier molecular flexibility index (Phi) is 19.2. The van der Waals surface area contributed by atoms with E-state index in [-0.39, 0.29) is 0 Å². The van der Waals surface area contributed by atoms with Crippen LogP contribution in [0.5, 0.6) is 0 Å². The van der Waals surface area contributed by atoms with Crippen LogP contribution in [0, 0.1) is 0 Å². The molecule has 0 bridgehead atoms. The van der Waals surface area contributed by atoms with Gasteiger partial charge in [0.1, 0.15) is 23.0 Å². The second-order valence-corrected chi connectivity index (χ2v) is 18.4. The minimum Gasteiger partial charge on any atom is -0.458 e. The first kappa shape index (κ1) is 51.6. The minimum absolute atomic E-state index is 0.432. The van der Waals surface area contributed by atoms with E-state index in [2.05, 4.69) is 35.1 Å². The molecule has 0 aliphatic carbocycles. The van der Waals surface area contributed by atoms with Crippen LogP contribution in [-0.4, -0.2) is 89.4 Å². The van der Waals surface area contributed by atoms with Gasteiger partial charge in [-0.15, -0.1) is 0 Å². The number of furan rings is 4. The van der Waals surface area contributed by atoms with Gasteiger partial charge in [0, 0.05) is 62.1 Å². The van der Waals surface area contributed by atoms with Crippen molar-refractivity contribution in [3.63, 3.8) is 0 Å². The summed E-state index contributed by atoms with van der Waals surface area (Å²) in [7, 11) is 3.32. The van der Waals surface area contributed by atoms with Crippen molar-refractivity contribution in [2.24, 2.45) is 0 Å². The summed E-state index contributed by atoms with van der Waals surface area (Å²) in [4.78, 5) is 0. The molecule has 0 spiro atoms. The van der Waals surface area contributed by atoms with Crippen molar-refractivity contribution in [3.8, 4) is 45.7 Å². The molecule has 0 saturated carbocycles. The molecule has 6 aromatic heterocycles. The molecule has 12 nitrogen and oxygen atoms in total. The number of aryl methyl sites for hydroxylation is 2. The number of hydrogen-bond donors (Lipinski definition) is 0. The Hall–Kier alpha value is -4.76. The Morgan fingerprint density at radius 1 is 0.414 bits per heavy atom. The molecule has 0 aliphatic rings. The third kappa shape index (κ3) is 12.6. The molecule has 376 valence electrons. The zero-order valence-electron chi connectivity index (χ0n) is 41.2. The average molecular weight is 1000 g/mol. The summed E-state index contributed by atoms with van der Waals surface area (Å²) in [6.45, 7) is 10.3. The number of fused-ring (bicyclic) bond motifs is 5. The summed E-state index contributed by atoms with van der Waals surface area (Å²) >= 11 is 14.6. The summed E-state index contributed by atoms with van der Waals surface area (Å²) < 4.78 is 64.2. The number of rotatable bonds is 32. The lowest BCUT2D eigenvalue weighted by Crippen LogP contribution is -2.11. The van der Waals surface area contributed by atoms with Gasteiger partial charge >= 0.3 is 0 Å². The predicted octanol–water partition coefficient (Wildman–Crippen LogP) is 14.7. The van der Waals surface area contributed by atoms with Crippen LogP contribution in [-0.2, 0) is 54.4 Å². The van der Waals surface area contributed by atoms with Crippen LogP contribution in [0.4, 0.5) is 0 Å². The number of hydrogen-bond acceptors (Lipinski definition) is 10. The Labute approximate surface area is 420 Å². The molecule has 0 radical (unpaired) electrons. The van der Waals surface area contributed by atoms with Crippen LogP contribution in [0.2, 0.25) is 10.0 Å². The molecule has 0 atom stereocenters. The zero-order valence-corrected chi connectivity index (χ0v) is 42.7. The molecular weight excluding hydrogens is 932 g/mol. The van der Waals surface area contributed by atoms with E-state index >= 15 is 0 Å². The van der Waals surface area contributed by atoms with E-state index < -0.39 is 0 Å². The van der Waals surface area contributed by atoms with E-state index in [1.807, 2.05) is 60.7 Å². The standard InChI is InChI=1S/C56H68Cl2N2O10/c1-5-7-9-11-13-39-15-17-51(67-39)53-21-19-49(69-53)41-37-47-43(35-45(41)57)55-56(59(47)23-25-63-31-33-65-29-27-61-3)44-36-46(58)42(38-48(44)60(55)24-26-64-32-34-66-30-28-62-4)50-20-22-54(70-50)52-18-16-40(68-52)14-12-10-8-6-2/h15-22,35-38H,5-14,23-34H2,1-4H3. The lowest BCUT2D eigenvalue weighted by molar-refractivity contribution is 0.0233. The molecule has 0 fully saturated rings. The second-order valence-electron chi connectivity index (χ2n) is 17.6. The lowest BCUT2D eigenvalue weighted by Gasteiger charge is -2.12. The highest BCUT2D eigenvalue weighted by Crippen LogP contribution is 2.45. The highest BCUT2D eigenvalue weighted by molar-refractivity contribution is 6.36. The molecule has 0 amide bonds. The first-order valence-electron chi connectivity index (χ1n) is 25.1. The molecule has 0 aliphatic heterocycles. The van der Waals surface area contributed by atoms with E-state index in [0.29, 0.717) is 124 Å². The minimum atomic E-state index is 0.432. The lowest BCUT2D eigenvalue weighted by atomic mass is 10.1. The van der Waals surface area contributed by atoms with Crippen LogP contribution in [0.3, 0.4) is 0 Å². The van der Waals surface area contributed by atoms with Gasteiger partial charge in [-0.05, 0) is 85.6 Å². The quantitative estimate of drug-likeness (QED) is 0.0377. The van der Waals surface area contributed by atoms with Crippen molar-refractivity contribution in [3.05, 3.63) is 94.4 Å². The van der Waals surface area contributed by atoms with Crippen molar-refractivity contribution < 1.29 is 46.1 Å². The maximum atomic E-state index is 7.32. The average Bonchev–Trinajstić information content (AvgIpc) is 4.24. The normalized spacial score (nSPS) is 12.0. The monoisotopic (exact) mass is 998 g/mol. The molecule has 0 unspecified atom stereocenters. The van der Waals surface area contributed by atoms with Crippen molar-refractivity contribution in [1.29, 1.82) is 0 Å². The molecule has 6 heterocycles. The number of aromatic nitrogens is 2. The van der Waals surface area contributed by atoms with E-state index in [9.17, 15) is 0 Å². The summed E-state index contributed by atoms with van der Waals surface area (Å²) in [6.07, 6.45) is 11.2. The molecular formula is C56H68Cl2N2O10. The summed E-state index contributed by atoms with van der Waals surface area (Å²) in [5.74, 6) is 5.89. The highest BCUT2D eigenvalue weighted by atomic mass is 35.5. The van der Waals surface area contributed by atoms with Gasteiger partial charge in [0.05, 0.1) is 98.2 Å². The molecule has 0 N–H and O–H groups in total. The smallest absolute Gasteiger partial charge is 0.170 e. The fourth-order valence-electron chi connectivity index (χ4n) is 9.05. The maximum absolute atomic E-state index is 7.32. The second kappa shape index (κ2) is 26.1. The SMILES string of the molecule is CCCCCCc1ccc(-c2ccc(-c3cc4c(cc3Cl)c3c(c5cc(Cl)c(-c6ccc(-c7ccc(CCCCCC)o7)o6)cc5n3CCOCCOCCOC)n4CCOCCOCCOC)o2)o1. The van der Waals surface area contributed by atoms with E-state index in [1.165, 1.54) is 38.5 Å². The third-order valence-corrected chi connectivity index (χ3v) is 13.3. The van der Waals surface area contributed by atoms with Crippen molar-refractivity contribution in [1.82, 2.24) is 9.13 Å². The Morgan fingerprint density at radius 3 is 1.20 bits per heavy atom. The van der Waals surface area contributed by atoms with Gasteiger partial charge in [-0.1, -0.05) is 75.6 Å². The molecule has 8 rings (SSSR count). The number of unbranched alkanes of at least 4 members (excludes halogenated alkanes) is 6. The molecule has 14 heteroatoms. The van der Waals surface area contributed by atoms with Gasteiger partial charge in [0.25, 0.3) is 0 Å². The predicted molar refractivity (Wildman–Crippen MR) is 278 cm³/mol. The van der Waals surface area contributed by atoms with Crippen molar-refractivity contribution in [2.75, 3.05) is 80.3 Å². The third-order valence-electron chi connectivity index (χ3n) is 12.7. The topological polar surface area (TPSA) is 118 Å². The summed E-state index contributed by atoms with van der Waals surface area (Å²) in [5.41, 5.74) is 5.47. The number of nitrogens with zero attached hydrogens (tertiary/aromatic N) is 2. The van der Waals surface area contributed by atoms with E-state index in [4.69, 9.17) is 69.3 Å². The fourth-order valence-corrected chi connectivity index (χ4v) is 9.56. The summed E-state index contributed by atoms with van der Waals surface area (Å²) in [6, 6.07) is 24.2. The first-order valence-corrected chi connectivity index (χ1v) is 25.8. The Balaban J connectivity index is 1.17. The Morgan fingerprint density at radius 2 is 0.786 bits per heavy atom. The van der Waals surface area contributed by atoms with Gasteiger partial charge in [0.2, 0.25) is 0 Å². The first-order chi connectivity index (χ1) is 34.4. The van der Waals surface area contributed by atoms with Crippen LogP contribution < -0.4 is 0 Å². The van der Waals surface area contributed by atoms with Crippen LogP contribution in [0.1, 0.15) is 76.7 Å². The van der Waals surface area contributed by atoms with Crippen LogP contribution in [0.15, 0.2) is 90.5 Å².